The summed E-state index contributed by atoms with van der Waals surface area (Å²) in [6, 6.07) is 39.0. The maximum atomic E-state index is 2.27. The van der Waals surface area contributed by atoms with Crippen LogP contribution in [-0.4, -0.2) is 0 Å². The van der Waals surface area contributed by atoms with Gasteiger partial charge in [0.05, 0.1) is 0 Å². The minimum Gasteiger partial charge on any atom is -0.0622 e. The molecule has 0 heteroatoms. The van der Waals surface area contributed by atoms with Crippen molar-refractivity contribution in [1.82, 2.24) is 0 Å². The van der Waals surface area contributed by atoms with E-state index in [2.05, 4.69) is 133 Å². The first-order chi connectivity index (χ1) is 15.9. The first-order valence-electron chi connectivity index (χ1n) is 11.0. The Morgan fingerprint density at radius 3 is 1.19 bits per heavy atom. The lowest BCUT2D eigenvalue weighted by atomic mass is 9.89. The SMILES string of the molecule is C(=C\c1ccc2ccc3c(/C=C/c4ccccc4)ccc4ccc1c2c43)/c1ccccc1. The van der Waals surface area contributed by atoms with Crippen LogP contribution in [0, 0.1) is 0 Å². The molecule has 6 aromatic rings. The van der Waals surface area contributed by atoms with E-state index >= 15 is 0 Å². The third-order valence-corrected chi connectivity index (χ3v) is 6.24. The first kappa shape index (κ1) is 18.6. The Bertz CT molecular complexity index is 1460. The van der Waals surface area contributed by atoms with E-state index in [0.29, 0.717) is 0 Å². The Morgan fingerprint density at radius 2 is 0.750 bits per heavy atom. The van der Waals surface area contributed by atoms with Crippen LogP contribution in [0.5, 0.6) is 0 Å². The molecule has 0 aliphatic rings. The highest BCUT2D eigenvalue weighted by Gasteiger charge is 2.11. The normalized spacial score (nSPS) is 12.1. The van der Waals surface area contributed by atoms with Gasteiger partial charge in [0.15, 0.2) is 0 Å². The summed E-state index contributed by atoms with van der Waals surface area (Å²) >= 11 is 0. The minimum absolute atomic E-state index is 1.21. The fourth-order valence-electron chi connectivity index (χ4n) is 4.64. The van der Waals surface area contributed by atoms with Gasteiger partial charge in [0.2, 0.25) is 0 Å². The summed E-state index contributed by atoms with van der Waals surface area (Å²) in [5.74, 6) is 0. The molecule has 0 amide bonds. The van der Waals surface area contributed by atoms with Crippen LogP contribution in [0.25, 0.3) is 56.6 Å². The van der Waals surface area contributed by atoms with E-state index < -0.39 is 0 Å². The molecule has 0 spiro atoms. The summed E-state index contributed by atoms with van der Waals surface area (Å²) in [6.45, 7) is 0. The maximum Gasteiger partial charge on any atom is -0.00206 e. The maximum absolute atomic E-state index is 2.27. The molecule has 0 radical (unpaired) electrons. The molecule has 6 aromatic carbocycles. The molecule has 0 aliphatic carbocycles. The Balaban J connectivity index is 1.53. The van der Waals surface area contributed by atoms with Crippen molar-refractivity contribution in [2.75, 3.05) is 0 Å². The molecule has 0 unspecified atom stereocenters. The van der Waals surface area contributed by atoms with E-state index in [1.54, 1.807) is 0 Å². The van der Waals surface area contributed by atoms with E-state index in [9.17, 15) is 0 Å². The van der Waals surface area contributed by atoms with Gasteiger partial charge in [0.1, 0.15) is 0 Å². The lowest BCUT2D eigenvalue weighted by molar-refractivity contribution is 1.66. The largest absolute Gasteiger partial charge is 0.0622 e. The molecule has 0 nitrogen and oxygen atoms in total. The fourth-order valence-corrected chi connectivity index (χ4v) is 4.64. The molecule has 0 bridgehead atoms. The first-order valence-corrected chi connectivity index (χ1v) is 11.0. The standard InChI is InChI=1S/C32H22/c1-3-7-23(8-4-1)11-13-25-15-17-27-20-22-30-26(14-12-24-9-5-2-6-10-24)16-18-28-19-21-29(25)31(27)32(28)30/h1-22H/b13-11+,14-12+. The van der Waals surface area contributed by atoms with Gasteiger partial charge in [-0.05, 0) is 54.6 Å². The monoisotopic (exact) mass is 406 g/mol. The van der Waals surface area contributed by atoms with Crippen LogP contribution in [0.1, 0.15) is 22.3 Å². The van der Waals surface area contributed by atoms with Crippen molar-refractivity contribution in [1.29, 1.82) is 0 Å². The third kappa shape index (κ3) is 3.27. The molecule has 150 valence electrons. The van der Waals surface area contributed by atoms with Gasteiger partial charge in [-0.2, -0.15) is 0 Å². The van der Waals surface area contributed by atoms with Crippen LogP contribution in [0.15, 0.2) is 109 Å². The fraction of sp³-hybridized carbons (Fsp3) is 0. The molecule has 0 atom stereocenters. The van der Waals surface area contributed by atoms with Gasteiger partial charge >= 0.3 is 0 Å². The Morgan fingerprint density at radius 1 is 0.344 bits per heavy atom. The van der Waals surface area contributed by atoms with Crippen LogP contribution in [-0.2, 0) is 0 Å². The van der Waals surface area contributed by atoms with E-state index in [4.69, 9.17) is 0 Å². The van der Waals surface area contributed by atoms with Crippen LogP contribution in [0.3, 0.4) is 0 Å². The summed E-state index contributed by atoms with van der Waals surface area (Å²) in [6.07, 6.45) is 8.86. The quantitative estimate of drug-likeness (QED) is 0.202. The average Bonchev–Trinajstić information content (AvgIpc) is 2.86. The van der Waals surface area contributed by atoms with Crippen molar-refractivity contribution in [3.63, 3.8) is 0 Å². The van der Waals surface area contributed by atoms with Crippen LogP contribution in [0.2, 0.25) is 0 Å². The summed E-state index contributed by atoms with van der Waals surface area (Å²) in [5, 5.41) is 7.89. The topological polar surface area (TPSA) is 0 Å². The highest BCUT2D eigenvalue weighted by Crippen LogP contribution is 2.38. The zero-order chi connectivity index (χ0) is 21.3. The molecule has 0 fully saturated rings. The van der Waals surface area contributed by atoms with Crippen molar-refractivity contribution in [3.8, 4) is 0 Å². The summed E-state index contributed by atoms with van der Waals surface area (Å²) in [4.78, 5) is 0. The molecule has 32 heavy (non-hydrogen) atoms. The molecule has 0 N–H and O–H groups in total. The van der Waals surface area contributed by atoms with Crippen LogP contribution in [0.4, 0.5) is 0 Å². The summed E-state index contributed by atoms with van der Waals surface area (Å²) < 4.78 is 0. The lowest BCUT2D eigenvalue weighted by Crippen LogP contribution is -1.88. The van der Waals surface area contributed by atoms with Crippen molar-refractivity contribution in [2.24, 2.45) is 0 Å². The zero-order valence-corrected chi connectivity index (χ0v) is 17.7. The molecule has 0 heterocycles. The summed E-state index contributed by atoms with van der Waals surface area (Å²) in [7, 11) is 0. The molecule has 6 rings (SSSR count). The van der Waals surface area contributed by atoms with Gasteiger partial charge in [0, 0.05) is 0 Å². The Kier molecular flexibility index (Phi) is 4.55. The van der Waals surface area contributed by atoms with Crippen molar-refractivity contribution >= 4 is 56.6 Å². The molecule has 0 saturated heterocycles. The lowest BCUT2D eigenvalue weighted by Gasteiger charge is -2.14. The zero-order valence-electron chi connectivity index (χ0n) is 17.7. The average molecular weight is 407 g/mol. The molecular weight excluding hydrogens is 384 g/mol. The second-order valence-corrected chi connectivity index (χ2v) is 8.22. The van der Waals surface area contributed by atoms with E-state index in [-0.39, 0.29) is 0 Å². The van der Waals surface area contributed by atoms with E-state index in [1.165, 1.54) is 54.6 Å². The van der Waals surface area contributed by atoms with Crippen molar-refractivity contribution in [3.05, 3.63) is 131 Å². The van der Waals surface area contributed by atoms with Crippen molar-refractivity contribution in [2.45, 2.75) is 0 Å². The molecule has 0 aromatic heterocycles. The smallest absolute Gasteiger partial charge is 0.00206 e. The Hall–Kier alpha value is -4.16. The predicted octanol–water partition coefficient (Wildman–Crippen LogP) is 8.92. The van der Waals surface area contributed by atoms with Crippen LogP contribution < -0.4 is 0 Å². The molecule has 0 saturated carbocycles. The van der Waals surface area contributed by atoms with Crippen molar-refractivity contribution < 1.29 is 0 Å². The molecule has 0 aliphatic heterocycles. The number of hydrogen-bond acceptors (Lipinski definition) is 0. The van der Waals surface area contributed by atoms with Gasteiger partial charge in [-0.1, -0.05) is 133 Å². The van der Waals surface area contributed by atoms with Crippen LogP contribution >= 0.6 is 0 Å². The minimum atomic E-state index is 1.21. The number of benzene rings is 6. The number of hydrogen-bond donors (Lipinski definition) is 0. The van der Waals surface area contributed by atoms with E-state index in [0.717, 1.165) is 0 Å². The highest BCUT2D eigenvalue weighted by atomic mass is 14.1. The molecular formula is C32H22. The van der Waals surface area contributed by atoms with Gasteiger partial charge < -0.3 is 0 Å². The third-order valence-electron chi connectivity index (χ3n) is 6.24. The van der Waals surface area contributed by atoms with Gasteiger partial charge in [-0.3, -0.25) is 0 Å². The second-order valence-electron chi connectivity index (χ2n) is 8.22. The Labute approximate surface area is 188 Å². The number of rotatable bonds is 4. The second kappa shape index (κ2) is 7.83. The van der Waals surface area contributed by atoms with Gasteiger partial charge in [-0.15, -0.1) is 0 Å². The van der Waals surface area contributed by atoms with Gasteiger partial charge in [-0.25, -0.2) is 0 Å². The van der Waals surface area contributed by atoms with E-state index in [1.807, 2.05) is 0 Å². The predicted molar refractivity (Wildman–Crippen MR) is 141 cm³/mol. The summed E-state index contributed by atoms with van der Waals surface area (Å²) in [5.41, 5.74) is 4.93. The van der Waals surface area contributed by atoms with Gasteiger partial charge in [0.25, 0.3) is 0 Å². The highest BCUT2D eigenvalue weighted by molar-refractivity contribution is 6.25.